The molecule has 0 saturated carbocycles. The van der Waals surface area contributed by atoms with Gasteiger partial charge in [0.15, 0.2) is 0 Å². The van der Waals surface area contributed by atoms with Crippen molar-refractivity contribution in [1.29, 1.82) is 0 Å². The summed E-state index contributed by atoms with van der Waals surface area (Å²) in [6.07, 6.45) is -1.19. The van der Waals surface area contributed by atoms with Gasteiger partial charge in [-0.15, -0.1) is 5.06 Å². The molecular formula is C24H30BrN3O4. The highest BCUT2D eigenvalue weighted by Crippen LogP contribution is 2.31. The quantitative estimate of drug-likeness (QED) is 0.520. The molecule has 0 spiro atoms. The van der Waals surface area contributed by atoms with Gasteiger partial charge in [0.25, 0.3) is 0 Å². The van der Waals surface area contributed by atoms with Gasteiger partial charge in [-0.25, -0.2) is 4.79 Å². The number of fused-ring (bicyclic) bond motifs is 3. The predicted octanol–water partition coefficient (Wildman–Crippen LogP) is 4.40. The van der Waals surface area contributed by atoms with Gasteiger partial charge < -0.3 is 19.2 Å². The van der Waals surface area contributed by atoms with Crippen molar-refractivity contribution in [2.75, 3.05) is 32.7 Å². The lowest BCUT2D eigenvalue weighted by Gasteiger charge is -2.34. The first kappa shape index (κ1) is 23.0. The maximum atomic E-state index is 11.9. The lowest BCUT2D eigenvalue weighted by atomic mass is 10.2. The molecule has 1 atom stereocenters. The molecule has 1 fully saturated rings. The van der Waals surface area contributed by atoms with Gasteiger partial charge in [0.1, 0.15) is 5.60 Å². The van der Waals surface area contributed by atoms with Crippen LogP contribution in [0, 0.1) is 0 Å². The van der Waals surface area contributed by atoms with Gasteiger partial charge in [-0.2, -0.15) is 0 Å². The molecule has 1 aliphatic heterocycles. The number of aliphatic hydroxyl groups excluding tert-OH is 1. The fourth-order valence-electron chi connectivity index (χ4n) is 4.17. The second kappa shape index (κ2) is 9.39. The smallest absolute Gasteiger partial charge is 0.427 e. The molecular weight excluding hydrogens is 474 g/mol. The first-order valence-electron chi connectivity index (χ1n) is 10.9. The van der Waals surface area contributed by atoms with Crippen LogP contribution >= 0.6 is 15.9 Å². The summed E-state index contributed by atoms with van der Waals surface area (Å²) in [6, 6.07) is 14.6. The van der Waals surface area contributed by atoms with Gasteiger partial charge in [-0.1, -0.05) is 34.1 Å². The number of ether oxygens (including phenoxy) is 1. The molecule has 0 amide bonds. The van der Waals surface area contributed by atoms with E-state index in [-0.39, 0.29) is 0 Å². The van der Waals surface area contributed by atoms with Crippen LogP contribution in [0.4, 0.5) is 4.79 Å². The Morgan fingerprint density at radius 3 is 2.44 bits per heavy atom. The summed E-state index contributed by atoms with van der Waals surface area (Å²) in [4.78, 5) is 19.3. The van der Waals surface area contributed by atoms with E-state index in [1.165, 1.54) is 10.8 Å². The fourth-order valence-corrected chi connectivity index (χ4v) is 4.53. The Morgan fingerprint density at radius 2 is 1.72 bits per heavy atom. The number of carbonyl (C=O) groups excluding carboxylic acids is 1. The number of nitrogens with zero attached hydrogens (tertiary/aromatic N) is 3. The van der Waals surface area contributed by atoms with Crippen LogP contribution in [-0.2, 0) is 16.1 Å². The fraction of sp³-hybridized carbons (Fsp3) is 0.458. The number of hydroxylamine groups is 2. The minimum absolute atomic E-state index is 0.514. The maximum Gasteiger partial charge on any atom is 0.528 e. The average molecular weight is 504 g/mol. The number of β-amino-alcohol motifs (C(OH)–C–C–N with tert-alkyl or cyclic N) is 1. The minimum atomic E-state index is -0.677. The second-order valence-corrected chi connectivity index (χ2v) is 10.1. The summed E-state index contributed by atoms with van der Waals surface area (Å²) in [5.74, 6) is 0. The van der Waals surface area contributed by atoms with Crippen LogP contribution in [-0.4, -0.2) is 70.2 Å². The summed E-state index contributed by atoms with van der Waals surface area (Å²) in [6.45, 7) is 9.08. The number of aromatic nitrogens is 1. The van der Waals surface area contributed by atoms with Gasteiger partial charge >= 0.3 is 6.16 Å². The molecule has 2 heterocycles. The number of rotatable bonds is 5. The van der Waals surface area contributed by atoms with E-state index >= 15 is 0 Å². The predicted molar refractivity (Wildman–Crippen MR) is 128 cm³/mol. The molecule has 3 aromatic rings. The van der Waals surface area contributed by atoms with Crippen LogP contribution in [0.3, 0.4) is 0 Å². The molecule has 0 bridgehead atoms. The third kappa shape index (κ3) is 5.43. The number of aliphatic hydroxyl groups is 1. The number of piperazine rings is 1. The molecule has 32 heavy (non-hydrogen) atoms. The van der Waals surface area contributed by atoms with Crippen LogP contribution < -0.4 is 0 Å². The van der Waals surface area contributed by atoms with E-state index in [2.05, 4.69) is 49.7 Å². The van der Waals surface area contributed by atoms with E-state index in [1.807, 2.05) is 39.0 Å². The van der Waals surface area contributed by atoms with Gasteiger partial charge in [0.05, 0.1) is 12.6 Å². The summed E-state index contributed by atoms with van der Waals surface area (Å²) >= 11 is 3.57. The third-order valence-corrected chi connectivity index (χ3v) is 6.01. The Balaban J connectivity index is 1.36. The molecule has 1 aliphatic rings. The lowest BCUT2D eigenvalue weighted by molar-refractivity contribution is -0.159. The highest BCUT2D eigenvalue weighted by Gasteiger charge is 2.25. The summed E-state index contributed by atoms with van der Waals surface area (Å²) < 4.78 is 8.45. The molecule has 7 nitrogen and oxygen atoms in total. The first-order chi connectivity index (χ1) is 15.2. The minimum Gasteiger partial charge on any atom is -0.427 e. The van der Waals surface area contributed by atoms with Crippen molar-refractivity contribution >= 4 is 43.9 Å². The Labute approximate surface area is 196 Å². The number of benzene rings is 2. The van der Waals surface area contributed by atoms with Crippen molar-refractivity contribution < 1.29 is 19.5 Å². The molecule has 2 aromatic carbocycles. The van der Waals surface area contributed by atoms with E-state index in [0.717, 1.165) is 15.5 Å². The van der Waals surface area contributed by atoms with Crippen LogP contribution in [0.1, 0.15) is 20.8 Å². The monoisotopic (exact) mass is 503 g/mol. The zero-order chi connectivity index (χ0) is 22.9. The van der Waals surface area contributed by atoms with E-state index in [0.29, 0.717) is 39.3 Å². The Hall–Kier alpha value is -2.13. The standard InChI is InChI=1S/C24H30BrN3O4/c1-24(2,3)31-23(30)32-27-12-10-26(11-13-27)15-18(29)16-28-21-7-5-4-6-19(21)20-14-17(25)8-9-22(20)28/h4-9,14,18,29H,10-13,15-16H2,1-3H3/t18-/m0/s1. The largest absolute Gasteiger partial charge is 0.528 e. The topological polar surface area (TPSA) is 67.2 Å². The number of halogens is 1. The van der Waals surface area contributed by atoms with Crippen LogP contribution in [0.5, 0.6) is 0 Å². The van der Waals surface area contributed by atoms with E-state index in [4.69, 9.17) is 9.57 Å². The lowest BCUT2D eigenvalue weighted by Crippen LogP contribution is -2.49. The van der Waals surface area contributed by atoms with Gasteiger partial charge in [0, 0.05) is 59.0 Å². The molecule has 1 aromatic heterocycles. The van der Waals surface area contributed by atoms with E-state index in [1.54, 1.807) is 5.06 Å². The van der Waals surface area contributed by atoms with Gasteiger partial charge in [-0.3, -0.25) is 4.90 Å². The van der Waals surface area contributed by atoms with Crippen molar-refractivity contribution in [2.24, 2.45) is 0 Å². The Morgan fingerprint density at radius 1 is 1.03 bits per heavy atom. The van der Waals surface area contributed by atoms with Gasteiger partial charge in [0.2, 0.25) is 0 Å². The Bertz CT molecular complexity index is 1100. The molecule has 0 aliphatic carbocycles. The highest BCUT2D eigenvalue weighted by molar-refractivity contribution is 9.10. The zero-order valence-electron chi connectivity index (χ0n) is 18.8. The van der Waals surface area contributed by atoms with Crippen molar-refractivity contribution in [3.8, 4) is 0 Å². The van der Waals surface area contributed by atoms with Gasteiger partial charge in [-0.05, 0) is 45.0 Å². The number of carbonyl (C=O) groups is 1. The third-order valence-electron chi connectivity index (χ3n) is 5.52. The van der Waals surface area contributed by atoms with Crippen LogP contribution in [0.2, 0.25) is 0 Å². The van der Waals surface area contributed by atoms with E-state index in [9.17, 15) is 9.90 Å². The van der Waals surface area contributed by atoms with Crippen LogP contribution in [0.15, 0.2) is 46.9 Å². The molecule has 0 radical (unpaired) electrons. The normalized spacial score (nSPS) is 17.0. The number of hydrogen-bond acceptors (Lipinski definition) is 6. The van der Waals surface area contributed by atoms with Crippen molar-refractivity contribution in [2.45, 2.75) is 39.0 Å². The summed E-state index contributed by atoms with van der Waals surface area (Å²) in [5.41, 5.74) is 1.66. The zero-order valence-corrected chi connectivity index (χ0v) is 20.3. The molecule has 1 saturated heterocycles. The average Bonchev–Trinajstić information content (AvgIpc) is 3.01. The Kier molecular flexibility index (Phi) is 6.76. The molecule has 8 heteroatoms. The van der Waals surface area contributed by atoms with E-state index < -0.39 is 17.9 Å². The summed E-state index contributed by atoms with van der Waals surface area (Å²) in [5, 5.41) is 14.9. The van der Waals surface area contributed by atoms with Crippen molar-refractivity contribution in [3.63, 3.8) is 0 Å². The molecule has 0 unspecified atom stereocenters. The molecule has 4 rings (SSSR count). The maximum absolute atomic E-state index is 11.9. The SMILES string of the molecule is CC(C)(C)OC(=O)ON1CCN(C[C@H](O)Cn2c3ccccc3c3cc(Br)ccc32)CC1. The number of para-hydroxylation sites is 1. The molecule has 172 valence electrons. The first-order valence-corrected chi connectivity index (χ1v) is 11.7. The number of hydrogen-bond donors (Lipinski definition) is 1. The van der Waals surface area contributed by atoms with Crippen molar-refractivity contribution in [1.82, 2.24) is 14.5 Å². The van der Waals surface area contributed by atoms with Crippen molar-refractivity contribution in [3.05, 3.63) is 46.9 Å². The molecule has 1 N–H and O–H groups in total. The second-order valence-electron chi connectivity index (χ2n) is 9.23. The summed E-state index contributed by atoms with van der Waals surface area (Å²) in [7, 11) is 0. The highest BCUT2D eigenvalue weighted by atomic mass is 79.9. The van der Waals surface area contributed by atoms with Crippen LogP contribution in [0.25, 0.3) is 21.8 Å².